The smallest absolute Gasteiger partial charge is 0.253 e. The SMILES string of the molecule is CN(C[C@@H](CCN1CC(N2CCOC[C@H]2CCN)C1)c1ccc(F)cc1)C(=O)c1cc(C#N)cc2c1CCCC2. The lowest BCUT2D eigenvalue weighted by Gasteiger charge is -2.50. The summed E-state index contributed by atoms with van der Waals surface area (Å²) in [6, 6.07) is 13.6. The number of likely N-dealkylation sites (tertiary alicyclic amines) is 1. The van der Waals surface area contributed by atoms with Crippen LogP contribution in [0.25, 0.3) is 0 Å². The van der Waals surface area contributed by atoms with Crippen molar-refractivity contribution in [3.05, 3.63) is 70.0 Å². The van der Waals surface area contributed by atoms with E-state index >= 15 is 0 Å². The zero-order valence-corrected chi connectivity index (χ0v) is 23.7. The second-order valence-corrected chi connectivity index (χ2v) is 11.7. The van der Waals surface area contributed by atoms with Crippen molar-refractivity contribution in [1.29, 1.82) is 5.26 Å². The number of benzene rings is 2. The number of ether oxygens (including phenoxy) is 1. The van der Waals surface area contributed by atoms with E-state index in [1.165, 1.54) is 12.1 Å². The number of likely N-dealkylation sites (N-methyl/N-ethyl adjacent to an activating group) is 1. The minimum Gasteiger partial charge on any atom is -0.378 e. The van der Waals surface area contributed by atoms with Crippen LogP contribution in [0.15, 0.2) is 36.4 Å². The fraction of sp³-hybridized carbons (Fsp3) is 0.562. The second kappa shape index (κ2) is 13.2. The van der Waals surface area contributed by atoms with Gasteiger partial charge in [-0.05, 0) is 92.6 Å². The molecular weight excluding hydrogens is 505 g/mol. The predicted molar refractivity (Wildman–Crippen MR) is 154 cm³/mol. The van der Waals surface area contributed by atoms with Crippen LogP contribution in [0.5, 0.6) is 0 Å². The van der Waals surface area contributed by atoms with Gasteiger partial charge in [-0.3, -0.25) is 9.69 Å². The summed E-state index contributed by atoms with van der Waals surface area (Å²) in [6.45, 7) is 6.70. The van der Waals surface area contributed by atoms with Crippen molar-refractivity contribution in [1.82, 2.24) is 14.7 Å². The van der Waals surface area contributed by atoms with Crippen LogP contribution in [0.2, 0.25) is 0 Å². The number of fused-ring (bicyclic) bond motifs is 1. The lowest BCUT2D eigenvalue weighted by molar-refractivity contribution is -0.0700. The highest BCUT2D eigenvalue weighted by atomic mass is 19.1. The molecule has 2 N–H and O–H groups in total. The maximum Gasteiger partial charge on any atom is 0.253 e. The summed E-state index contributed by atoms with van der Waals surface area (Å²) in [4.78, 5) is 20.6. The summed E-state index contributed by atoms with van der Waals surface area (Å²) in [5.74, 6) is -0.211. The Morgan fingerprint density at radius 1 is 1.23 bits per heavy atom. The molecule has 40 heavy (non-hydrogen) atoms. The van der Waals surface area contributed by atoms with Crippen LogP contribution in [0.3, 0.4) is 0 Å². The summed E-state index contributed by atoms with van der Waals surface area (Å²) in [5.41, 5.74) is 10.3. The van der Waals surface area contributed by atoms with Gasteiger partial charge in [0.15, 0.2) is 0 Å². The Bertz CT molecular complexity index is 1210. The Labute approximate surface area is 237 Å². The molecule has 0 bridgehead atoms. The van der Waals surface area contributed by atoms with Gasteiger partial charge in [0, 0.05) is 56.8 Å². The number of nitriles is 1. The Hall–Kier alpha value is -2.83. The molecule has 5 rings (SSSR count). The van der Waals surface area contributed by atoms with Gasteiger partial charge in [0.2, 0.25) is 0 Å². The highest BCUT2D eigenvalue weighted by molar-refractivity contribution is 5.96. The van der Waals surface area contributed by atoms with Gasteiger partial charge in [0.25, 0.3) is 5.91 Å². The Morgan fingerprint density at radius 3 is 2.75 bits per heavy atom. The molecule has 2 saturated heterocycles. The lowest BCUT2D eigenvalue weighted by Crippen LogP contribution is -2.64. The fourth-order valence-electron chi connectivity index (χ4n) is 6.70. The van der Waals surface area contributed by atoms with Crippen molar-refractivity contribution in [2.75, 3.05) is 59.5 Å². The van der Waals surface area contributed by atoms with Gasteiger partial charge in [0.1, 0.15) is 5.82 Å². The molecule has 2 aliphatic heterocycles. The predicted octanol–water partition coefficient (Wildman–Crippen LogP) is 3.56. The lowest BCUT2D eigenvalue weighted by atomic mass is 9.86. The van der Waals surface area contributed by atoms with E-state index in [9.17, 15) is 14.4 Å². The molecule has 2 aromatic carbocycles. The first kappa shape index (κ1) is 28.7. The average molecular weight is 548 g/mol. The Morgan fingerprint density at radius 2 is 2.00 bits per heavy atom. The third kappa shape index (κ3) is 6.55. The van der Waals surface area contributed by atoms with E-state index in [1.807, 2.05) is 25.2 Å². The van der Waals surface area contributed by atoms with Crippen LogP contribution >= 0.6 is 0 Å². The molecule has 0 unspecified atom stereocenters. The van der Waals surface area contributed by atoms with E-state index in [0.717, 1.165) is 94.6 Å². The Balaban J connectivity index is 1.25. The van der Waals surface area contributed by atoms with Gasteiger partial charge in [-0.15, -0.1) is 0 Å². The minimum absolute atomic E-state index is 0.0374. The molecule has 2 aromatic rings. The van der Waals surface area contributed by atoms with Gasteiger partial charge in [-0.2, -0.15) is 5.26 Å². The van der Waals surface area contributed by atoms with E-state index in [0.29, 0.717) is 36.3 Å². The molecule has 8 heteroatoms. The van der Waals surface area contributed by atoms with Crippen LogP contribution in [-0.4, -0.2) is 92.2 Å². The average Bonchev–Trinajstić information content (AvgIpc) is 2.96. The maximum atomic E-state index is 13.8. The topological polar surface area (TPSA) is 85.8 Å². The first-order chi connectivity index (χ1) is 19.5. The number of nitrogens with zero attached hydrogens (tertiary/aromatic N) is 4. The highest BCUT2D eigenvalue weighted by Crippen LogP contribution is 2.29. The van der Waals surface area contributed by atoms with Crippen LogP contribution in [-0.2, 0) is 17.6 Å². The quantitative estimate of drug-likeness (QED) is 0.490. The number of halogens is 1. The monoisotopic (exact) mass is 547 g/mol. The minimum atomic E-state index is -0.255. The van der Waals surface area contributed by atoms with Gasteiger partial charge in [0.05, 0.1) is 24.8 Å². The first-order valence-electron chi connectivity index (χ1n) is 14.8. The van der Waals surface area contributed by atoms with Crippen LogP contribution in [0.4, 0.5) is 4.39 Å². The standard InChI is InChI=1S/C32H42FN5O2/c1-36(32(39)31-17-23(18-35)16-25-4-2-3-5-30(25)31)19-26(24-6-8-27(33)9-7-24)11-13-37-20-29(21-37)38-14-15-40-22-28(38)10-12-34/h6-9,16-17,26,28-29H,2-5,10-15,19-22,34H2,1H3/t26-,28-/m1/s1. The van der Waals surface area contributed by atoms with E-state index in [2.05, 4.69) is 15.9 Å². The van der Waals surface area contributed by atoms with E-state index in [1.54, 1.807) is 11.0 Å². The molecule has 1 aliphatic carbocycles. The molecule has 1 amide bonds. The number of hydrogen-bond donors (Lipinski definition) is 1. The third-order valence-electron chi connectivity index (χ3n) is 8.98. The van der Waals surface area contributed by atoms with E-state index in [-0.39, 0.29) is 17.6 Å². The summed E-state index contributed by atoms with van der Waals surface area (Å²) >= 11 is 0. The molecule has 3 aliphatic rings. The number of amides is 1. The second-order valence-electron chi connectivity index (χ2n) is 11.7. The maximum absolute atomic E-state index is 13.8. The largest absolute Gasteiger partial charge is 0.378 e. The molecular formula is C32H42FN5O2. The molecule has 0 radical (unpaired) electrons. The van der Waals surface area contributed by atoms with Gasteiger partial charge in [-0.1, -0.05) is 12.1 Å². The van der Waals surface area contributed by atoms with Crippen LogP contribution in [0, 0.1) is 17.1 Å². The molecule has 0 spiro atoms. The molecule has 2 fully saturated rings. The molecule has 7 nitrogen and oxygen atoms in total. The van der Waals surface area contributed by atoms with E-state index < -0.39 is 0 Å². The number of morpholine rings is 1. The van der Waals surface area contributed by atoms with Crippen molar-refractivity contribution >= 4 is 5.91 Å². The van der Waals surface area contributed by atoms with Crippen LogP contribution < -0.4 is 5.73 Å². The molecule has 0 saturated carbocycles. The number of hydrogen-bond acceptors (Lipinski definition) is 6. The van der Waals surface area contributed by atoms with Gasteiger partial charge >= 0.3 is 0 Å². The summed E-state index contributed by atoms with van der Waals surface area (Å²) < 4.78 is 19.5. The van der Waals surface area contributed by atoms with Crippen molar-refractivity contribution in [3.63, 3.8) is 0 Å². The summed E-state index contributed by atoms with van der Waals surface area (Å²) in [5, 5.41) is 9.57. The van der Waals surface area contributed by atoms with Gasteiger partial charge < -0.3 is 20.3 Å². The molecule has 2 atom stereocenters. The zero-order valence-electron chi connectivity index (χ0n) is 23.7. The van der Waals surface area contributed by atoms with Crippen molar-refractivity contribution in [2.45, 2.75) is 56.5 Å². The third-order valence-corrected chi connectivity index (χ3v) is 8.98. The normalized spacial score (nSPS) is 20.8. The summed E-state index contributed by atoms with van der Waals surface area (Å²) in [6.07, 6.45) is 5.79. The van der Waals surface area contributed by atoms with Crippen molar-refractivity contribution in [3.8, 4) is 6.07 Å². The Kier molecular flexibility index (Phi) is 9.48. The highest BCUT2D eigenvalue weighted by Gasteiger charge is 2.36. The summed E-state index contributed by atoms with van der Waals surface area (Å²) in [7, 11) is 1.85. The molecule has 2 heterocycles. The number of carbonyl (C=O) groups excluding carboxylic acids is 1. The zero-order chi connectivity index (χ0) is 28.1. The number of aryl methyl sites for hydroxylation is 1. The molecule has 214 valence electrons. The van der Waals surface area contributed by atoms with Crippen molar-refractivity contribution in [2.24, 2.45) is 5.73 Å². The number of carbonyl (C=O) groups is 1. The van der Waals surface area contributed by atoms with Crippen molar-refractivity contribution < 1.29 is 13.9 Å². The van der Waals surface area contributed by atoms with Gasteiger partial charge in [-0.25, -0.2) is 4.39 Å². The first-order valence-corrected chi connectivity index (χ1v) is 14.8. The number of rotatable bonds is 10. The number of nitrogens with two attached hydrogens (primary N) is 1. The van der Waals surface area contributed by atoms with E-state index in [4.69, 9.17) is 10.5 Å². The fourth-order valence-corrected chi connectivity index (χ4v) is 6.70. The van der Waals surface area contributed by atoms with Crippen LogP contribution in [0.1, 0.15) is 64.2 Å². The molecule has 0 aromatic heterocycles.